The third-order valence-corrected chi connectivity index (χ3v) is 2.96. The summed E-state index contributed by atoms with van der Waals surface area (Å²) in [5, 5.41) is 15.3. The molecule has 0 aliphatic rings. The van der Waals surface area contributed by atoms with Gasteiger partial charge in [-0.05, 0) is 17.7 Å². The zero-order valence-corrected chi connectivity index (χ0v) is 14.7. The minimum Gasteiger partial charge on any atom is -0.491 e. The maximum atomic E-state index is 10.9. The lowest BCUT2D eigenvalue weighted by Gasteiger charge is -2.15. The number of ether oxygens (including phenoxy) is 2. The predicted molar refractivity (Wildman–Crippen MR) is 92.4 cm³/mol. The average molecular weight is 347 g/mol. The molecule has 0 aliphatic carbocycles. The van der Waals surface area contributed by atoms with Gasteiger partial charge >= 0.3 is 6.09 Å². The van der Waals surface area contributed by atoms with Gasteiger partial charge in [0.25, 0.3) is 0 Å². The monoisotopic (exact) mass is 346 g/mol. The number of carbonyl (C=O) groups excluding carboxylic acids is 1. The Kier molecular flexibility index (Phi) is 11.2. The lowest BCUT2D eigenvalue weighted by molar-refractivity contribution is 0.104. The van der Waals surface area contributed by atoms with Crippen LogP contribution in [0.25, 0.3) is 0 Å². The fourth-order valence-corrected chi connectivity index (χ4v) is 1.71. The molecule has 132 valence electrons. The van der Waals surface area contributed by atoms with Crippen molar-refractivity contribution >= 4 is 18.5 Å². The lowest BCUT2D eigenvalue weighted by Crippen LogP contribution is -2.35. The molecule has 0 heterocycles. The topological polar surface area (TPSA) is 79.8 Å². The van der Waals surface area contributed by atoms with Crippen molar-refractivity contribution in [2.24, 2.45) is 0 Å². The summed E-state index contributed by atoms with van der Waals surface area (Å²) in [6.07, 6.45) is -0.318. The van der Waals surface area contributed by atoms with Crippen LogP contribution in [0.5, 0.6) is 5.75 Å². The molecule has 1 unspecified atom stereocenters. The molecule has 0 aromatic heterocycles. The minimum atomic E-state index is -0.539. The summed E-state index contributed by atoms with van der Waals surface area (Å²) in [4.78, 5) is 10.9. The quantitative estimate of drug-likeness (QED) is 0.634. The molecule has 0 fully saturated rings. The van der Waals surface area contributed by atoms with Crippen molar-refractivity contribution < 1.29 is 19.4 Å². The summed E-state index contributed by atoms with van der Waals surface area (Å²) in [6.45, 7) is 5.14. The Morgan fingerprint density at radius 3 is 2.48 bits per heavy atom. The van der Waals surface area contributed by atoms with Crippen LogP contribution in [0.15, 0.2) is 24.3 Å². The van der Waals surface area contributed by atoms with Crippen LogP contribution in [0.3, 0.4) is 0 Å². The van der Waals surface area contributed by atoms with Crippen molar-refractivity contribution in [3.05, 3.63) is 29.8 Å². The Labute approximate surface area is 144 Å². The van der Waals surface area contributed by atoms with Crippen molar-refractivity contribution in [3.63, 3.8) is 0 Å². The van der Waals surface area contributed by atoms with E-state index >= 15 is 0 Å². The number of amides is 1. The van der Waals surface area contributed by atoms with Crippen LogP contribution in [-0.4, -0.2) is 50.2 Å². The smallest absolute Gasteiger partial charge is 0.406 e. The van der Waals surface area contributed by atoms with Crippen molar-refractivity contribution in [2.45, 2.75) is 32.4 Å². The first-order chi connectivity index (χ1) is 10.5. The van der Waals surface area contributed by atoms with Gasteiger partial charge < -0.3 is 25.2 Å². The Hall–Kier alpha value is -1.50. The molecule has 0 saturated heterocycles. The van der Waals surface area contributed by atoms with Crippen molar-refractivity contribution in [2.75, 3.05) is 26.8 Å². The molecule has 1 aromatic rings. The highest BCUT2D eigenvalue weighted by Gasteiger charge is 2.06. The molecule has 0 radical (unpaired) electrons. The zero-order chi connectivity index (χ0) is 16.4. The summed E-state index contributed by atoms with van der Waals surface area (Å²) in [5.41, 5.74) is 1.05. The highest BCUT2D eigenvalue weighted by Crippen LogP contribution is 2.13. The molecular weight excluding hydrogens is 320 g/mol. The Bertz CT molecular complexity index is 440. The van der Waals surface area contributed by atoms with Gasteiger partial charge in [0.1, 0.15) is 18.5 Å². The van der Waals surface area contributed by atoms with E-state index in [0.717, 1.165) is 5.56 Å². The normalized spacial score (nSPS) is 11.5. The molecule has 3 N–H and O–H groups in total. The Morgan fingerprint density at radius 2 is 1.91 bits per heavy atom. The number of nitrogens with one attached hydrogen (secondary N) is 2. The maximum Gasteiger partial charge on any atom is 0.406 e. The van der Waals surface area contributed by atoms with Gasteiger partial charge in [-0.15, -0.1) is 12.4 Å². The molecule has 0 bridgehead atoms. The van der Waals surface area contributed by atoms with Crippen molar-refractivity contribution in [1.29, 1.82) is 0 Å². The highest BCUT2D eigenvalue weighted by molar-refractivity contribution is 5.85. The molecule has 6 nitrogen and oxygen atoms in total. The van der Waals surface area contributed by atoms with Crippen LogP contribution >= 0.6 is 12.4 Å². The van der Waals surface area contributed by atoms with Crippen LogP contribution in [0.2, 0.25) is 0 Å². The van der Waals surface area contributed by atoms with E-state index in [1.54, 1.807) is 0 Å². The molecule has 0 spiro atoms. The number of halogens is 1. The van der Waals surface area contributed by atoms with Crippen molar-refractivity contribution in [3.8, 4) is 5.75 Å². The van der Waals surface area contributed by atoms with Gasteiger partial charge in [0.2, 0.25) is 0 Å². The first-order valence-corrected chi connectivity index (χ1v) is 7.49. The van der Waals surface area contributed by atoms with Crippen LogP contribution in [0, 0.1) is 0 Å². The number of rotatable bonds is 9. The molecule has 7 heteroatoms. The third kappa shape index (κ3) is 9.99. The summed E-state index contributed by atoms with van der Waals surface area (Å²) in [7, 11) is 1.53. The molecule has 1 aromatic carbocycles. The number of carbonyl (C=O) groups is 1. The number of alkyl carbamates (subject to hydrolysis) is 1. The van der Waals surface area contributed by atoms with Crippen LogP contribution in [0.1, 0.15) is 19.4 Å². The maximum absolute atomic E-state index is 10.9. The molecule has 1 amide bonds. The van der Waals surface area contributed by atoms with Gasteiger partial charge in [-0.2, -0.15) is 0 Å². The first-order valence-electron chi connectivity index (χ1n) is 7.49. The van der Waals surface area contributed by atoms with Crippen LogP contribution in [-0.2, 0) is 11.2 Å². The number of benzene rings is 1. The molecule has 1 atom stereocenters. The van der Waals surface area contributed by atoms with E-state index in [0.29, 0.717) is 31.4 Å². The summed E-state index contributed by atoms with van der Waals surface area (Å²) in [5.74, 6) is 0.708. The molecular formula is C16H27ClN2O4. The Morgan fingerprint density at radius 1 is 1.26 bits per heavy atom. The lowest BCUT2D eigenvalue weighted by atomic mass is 10.1. The van der Waals surface area contributed by atoms with E-state index in [4.69, 9.17) is 9.47 Å². The van der Waals surface area contributed by atoms with Gasteiger partial charge in [-0.1, -0.05) is 26.0 Å². The fourth-order valence-electron chi connectivity index (χ4n) is 1.71. The number of hydrogen-bond acceptors (Lipinski definition) is 5. The Balaban J connectivity index is 0.00000484. The summed E-state index contributed by atoms with van der Waals surface area (Å²) in [6, 6.07) is 7.86. The summed E-state index contributed by atoms with van der Waals surface area (Å²) >= 11 is 0. The van der Waals surface area contributed by atoms with Gasteiger partial charge in [-0.25, -0.2) is 4.79 Å². The van der Waals surface area contributed by atoms with Gasteiger partial charge in [0.05, 0.1) is 6.61 Å². The molecule has 1 rings (SSSR count). The van der Waals surface area contributed by atoms with E-state index in [9.17, 15) is 9.90 Å². The number of hydrogen-bond donors (Lipinski definition) is 3. The number of aliphatic hydroxyl groups excluding tert-OH is 1. The first kappa shape index (κ1) is 21.5. The van der Waals surface area contributed by atoms with Crippen LogP contribution < -0.4 is 15.4 Å². The van der Waals surface area contributed by atoms with E-state index in [-0.39, 0.29) is 19.0 Å². The SMILES string of the molecule is CNC(=O)OCCc1ccc(OCC(O)CNC(C)C)cc1.Cl. The predicted octanol–water partition coefficient (Wildman–Crippen LogP) is 1.74. The van der Waals surface area contributed by atoms with E-state index in [2.05, 4.69) is 10.6 Å². The summed E-state index contributed by atoms with van der Waals surface area (Å²) < 4.78 is 10.5. The largest absolute Gasteiger partial charge is 0.491 e. The van der Waals surface area contributed by atoms with Crippen LogP contribution in [0.4, 0.5) is 4.79 Å². The molecule has 0 aliphatic heterocycles. The third-order valence-electron chi connectivity index (χ3n) is 2.96. The fraction of sp³-hybridized carbons (Fsp3) is 0.562. The second-order valence-electron chi connectivity index (χ2n) is 5.31. The highest BCUT2D eigenvalue weighted by atomic mass is 35.5. The van der Waals surface area contributed by atoms with Gasteiger partial charge in [0.15, 0.2) is 0 Å². The molecule has 23 heavy (non-hydrogen) atoms. The van der Waals surface area contributed by atoms with E-state index < -0.39 is 12.2 Å². The standard InChI is InChI=1S/C16H26N2O4.ClH/c1-12(2)18-10-14(19)11-22-15-6-4-13(5-7-15)8-9-21-16(20)17-3;/h4-7,12,14,18-19H,8-11H2,1-3H3,(H,17,20);1H. The van der Waals surface area contributed by atoms with Gasteiger partial charge in [0, 0.05) is 26.1 Å². The minimum absolute atomic E-state index is 0. The van der Waals surface area contributed by atoms with E-state index in [1.165, 1.54) is 7.05 Å². The van der Waals surface area contributed by atoms with E-state index in [1.807, 2.05) is 38.1 Å². The second-order valence-corrected chi connectivity index (χ2v) is 5.31. The molecule has 0 saturated carbocycles. The number of aliphatic hydroxyl groups is 1. The van der Waals surface area contributed by atoms with Crippen molar-refractivity contribution in [1.82, 2.24) is 10.6 Å². The average Bonchev–Trinajstić information content (AvgIpc) is 2.51. The zero-order valence-electron chi connectivity index (χ0n) is 13.9. The van der Waals surface area contributed by atoms with Gasteiger partial charge in [-0.3, -0.25) is 0 Å². The second kappa shape index (κ2) is 12.0.